The first-order valence-corrected chi connectivity index (χ1v) is 9.22. The van der Waals surface area contributed by atoms with Gasteiger partial charge in [-0.3, -0.25) is 4.98 Å². The maximum absolute atomic E-state index is 4.45. The Kier molecular flexibility index (Phi) is 3.91. The lowest BCUT2D eigenvalue weighted by Gasteiger charge is -2.33. The topological polar surface area (TPSA) is 41.9 Å². The minimum absolute atomic E-state index is 0.360. The van der Waals surface area contributed by atoms with Crippen LogP contribution in [0, 0.1) is 0 Å². The molecule has 0 saturated carbocycles. The highest BCUT2D eigenvalue weighted by Gasteiger charge is 2.25. The Hall–Kier alpha value is -3.11. The Labute approximate surface area is 158 Å². The van der Waals surface area contributed by atoms with Crippen LogP contribution in [0.25, 0.3) is 22.2 Å². The first kappa shape index (κ1) is 16.1. The summed E-state index contributed by atoms with van der Waals surface area (Å²) in [4.78, 5) is 6.84. The number of likely N-dealkylation sites (N-methyl/N-ethyl adjacent to an activating group) is 1. The van der Waals surface area contributed by atoms with Crippen molar-refractivity contribution in [2.24, 2.45) is 0 Å². The summed E-state index contributed by atoms with van der Waals surface area (Å²) in [5.74, 6) is 0.360. The van der Waals surface area contributed by atoms with E-state index in [2.05, 4.69) is 69.6 Å². The molecule has 1 unspecified atom stereocenters. The molecule has 27 heavy (non-hydrogen) atoms. The molecule has 1 aliphatic rings. The van der Waals surface area contributed by atoms with Gasteiger partial charge >= 0.3 is 0 Å². The van der Waals surface area contributed by atoms with Crippen molar-refractivity contribution in [2.45, 2.75) is 12.5 Å². The van der Waals surface area contributed by atoms with E-state index in [0.717, 1.165) is 29.9 Å². The van der Waals surface area contributed by atoms with E-state index in [0.29, 0.717) is 5.92 Å². The molecular weight excluding hydrogens is 332 g/mol. The van der Waals surface area contributed by atoms with Gasteiger partial charge in [0.25, 0.3) is 0 Å². The van der Waals surface area contributed by atoms with Crippen LogP contribution in [0.3, 0.4) is 0 Å². The molecule has 5 rings (SSSR count). The van der Waals surface area contributed by atoms with Gasteiger partial charge in [0.15, 0.2) is 0 Å². The molecule has 0 aliphatic carbocycles. The average Bonchev–Trinajstić information content (AvgIpc) is 2.73. The van der Waals surface area contributed by atoms with E-state index in [4.69, 9.17) is 0 Å². The van der Waals surface area contributed by atoms with E-state index in [1.54, 1.807) is 6.20 Å². The summed E-state index contributed by atoms with van der Waals surface area (Å²) in [6, 6.07) is 21.4. The molecule has 0 saturated heterocycles. The zero-order valence-corrected chi connectivity index (χ0v) is 15.2. The fraction of sp³-hybridized carbons (Fsp3) is 0.174. The van der Waals surface area contributed by atoms with Crippen LogP contribution < -0.4 is 0 Å². The van der Waals surface area contributed by atoms with Gasteiger partial charge in [-0.1, -0.05) is 24.3 Å². The third-order valence-electron chi connectivity index (χ3n) is 5.35. The zero-order valence-electron chi connectivity index (χ0n) is 15.2. The Balaban J connectivity index is 1.59. The highest BCUT2D eigenvalue weighted by atomic mass is 15.1. The number of pyridine rings is 1. The molecule has 1 atom stereocenters. The molecule has 0 amide bonds. The van der Waals surface area contributed by atoms with Crippen LogP contribution in [0.2, 0.25) is 0 Å². The van der Waals surface area contributed by atoms with Crippen molar-refractivity contribution >= 4 is 10.9 Å². The molecule has 0 radical (unpaired) electrons. The minimum Gasteiger partial charge on any atom is -0.301 e. The third-order valence-corrected chi connectivity index (χ3v) is 5.35. The molecular formula is C23H20N4. The SMILES string of the molecule is CN1Cc2cc(-c3cccnn3)ccc2C(c2ccc3ncccc3c2)C1. The van der Waals surface area contributed by atoms with Gasteiger partial charge in [0.05, 0.1) is 11.2 Å². The van der Waals surface area contributed by atoms with Gasteiger partial charge in [-0.15, -0.1) is 0 Å². The quantitative estimate of drug-likeness (QED) is 0.540. The van der Waals surface area contributed by atoms with Crippen molar-refractivity contribution in [3.8, 4) is 11.3 Å². The maximum Gasteiger partial charge on any atom is 0.0929 e. The molecule has 132 valence electrons. The Bertz CT molecular complexity index is 1110. The molecule has 0 fully saturated rings. The molecule has 0 spiro atoms. The number of nitrogens with zero attached hydrogens (tertiary/aromatic N) is 4. The molecule has 4 heteroatoms. The monoisotopic (exact) mass is 352 g/mol. The summed E-state index contributed by atoms with van der Waals surface area (Å²) in [5.41, 5.74) is 7.20. The summed E-state index contributed by atoms with van der Waals surface area (Å²) in [6.07, 6.45) is 3.56. The van der Waals surface area contributed by atoms with Crippen LogP contribution in [0.5, 0.6) is 0 Å². The second-order valence-corrected chi connectivity index (χ2v) is 7.23. The predicted octanol–water partition coefficient (Wildman–Crippen LogP) is 4.27. The number of aromatic nitrogens is 3. The summed E-state index contributed by atoms with van der Waals surface area (Å²) in [5, 5.41) is 9.47. The Morgan fingerprint density at radius 2 is 1.89 bits per heavy atom. The average molecular weight is 352 g/mol. The molecule has 0 N–H and O–H groups in total. The van der Waals surface area contributed by atoms with E-state index in [1.807, 2.05) is 24.4 Å². The highest BCUT2D eigenvalue weighted by Crippen LogP contribution is 2.35. The second-order valence-electron chi connectivity index (χ2n) is 7.23. The molecule has 0 bridgehead atoms. The standard InChI is InChI=1S/C23H20N4/c1-27-14-19-13-18(23-5-3-11-25-26-23)6-8-20(19)21(15-27)16-7-9-22-17(12-16)4-2-10-24-22/h2-13,21H,14-15H2,1H3. The number of hydrogen-bond donors (Lipinski definition) is 0. The number of fused-ring (bicyclic) bond motifs is 2. The minimum atomic E-state index is 0.360. The van der Waals surface area contributed by atoms with E-state index < -0.39 is 0 Å². The van der Waals surface area contributed by atoms with Crippen molar-refractivity contribution < 1.29 is 0 Å². The summed E-state index contributed by atoms with van der Waals surface area (Å²) in [7, 11) is 2.19. The van der Waals surface area contributed by atoms with Crippen molar-refractivity contribution in [3.05, 3.63) is 89.7 Å². The smallest absolute Gasteiger partial charge is 0.0929 e. The largest absolute Gasteiger partial charge is 0.301 e. The normalized spacial score (nSPS) is 17.0. The van der Waals surface area contributed by atoms with E-state index in [1.165, 1.54) is 22.1 Å². The van der Waals surface area contributed by atoms with Gasteiger partial charge in [-0.05, 0) is 60.1 Å². The first-order valence-electron chi connectivity index (χ1n) is 9.22. The van der Waals surface area contributed by atoms with Gasteiger partial charge < -0.3 is 4.90 Å². The predicted molar refractivity (Wildman–Crippen MR) is 107 cm³/mol. The lowest BCUT2D eigenvalue weighted by Crippen LogP contribution is -2.31. The van der Waals surface area contributed by atoms with Crippen LogP contribution in [0.1, 0.15) is 22.6 Å². The maximum atomic E-state index is 4.45. The fourth-order valence-corrected chi connectivity index (χ4v) is 4.06. The van der Waals surface area contributed by atoms with Crippen LogP contribution in [0.4, 0.5) is 0 Å². The van der Waals surface area contributed by atoms with Gasteiger partial charge in [-0.2, -0.15) is 10.2 Å². The van der Waals surface area contributed by atoms with E-state index in [-0.39, 0.29) is 0 Å². The van der Waals surface area contributed by atoms with E-state index >= 15 is 0 Å². The van der Waals surface area contributed by atoms with Gasteiger partial charge in [0, 0.05) is 42.4 Å². The van der Waals surface area contributed by atoms with Crippen molar-refractivity contribution in [3.63, 3.8) is 0 Å². The number of benzene rings is 2. The van der Waals surface area contributed by atoms with E-state index in [9.17, 15) is 0 Å². The van der Waals surface area contributed by atoms with Crippen molar-refractivity contribution in [1.29, 1.82) is 0 Å². The Morgan fingerprint density at radius 3 is 2.78 bits per heavy atom. The molecule has 4 aromatic rings. The van der Waals surface area contributed by atoms with Crippen molar-refractivity contribution in [2.75, 3.05) is 13.6 Å². The summed E-state index contributed by atoms with van der Waals surface area (Å²) >= 11 is 0. The molecule has 2 aromatic heterocycles. The van der Waals surface area contributed by atoms with Gasteiger partial charge in [0.2, 0.25) is 0 Å². The molecule has 4 nitrogen and oxygen atoms in total. The molecule has 1 aliphatic heterocycles. The number of rotatable bonds is 2. The van der Waals surface area contributed by atoms with Crippen LogP contribution in [-0.2, 0) is 6.54 Å². The van der Waals surface area contributed by atoms with Crippen LogP contribution in [0.15, 0.2) is 73.1 Å². The Morgan fingerprint density at radius 1 is 0.963 bits per heavy atom. The summed E-state index contributed by atoms with van der Waals surface area (Å²) in [6.45, 7) is 1.97. The summed E-state index contributed by atoms with van der Waals surface area (Å²) < 4.78 is 0. The second kappa shape index (κ2) is 6.56. The molecule has 3 heterocycles. The lowest BCUT2D eigenvalue weighted by molar-refractivity contribution is 0.295. The lowest BCUT2D eigenvalue weighted by atomic mass is 9.83. The van der Waals surface area contributed by atoms with Crippen molar-refractivity contribution in [1.82, 2.24) is 20.1 Å². The number of hydrogen-bond acceptors (Lipinski definition) is 4. The first-order chi connectivity index (χ1) is 13.3. The van der Waals surface area contributed by atoms with Crippen LogP contribution >= 0.6 is 0 Å². The van der Waals surface area contributed by atoms with Crippen LogP contribution in [-0.4, -0.2) is 33.7 Å². The van der Waals surface area contributed by atoms with Gasteiger partial charge in [-0.25, -0.2) is 0 Å². The van der Waals surface area contributed by atoms with Gasteiger partial charge in [0.1, 0.15) is 0 Å². The molecule has 2 aromatic carbocycles. The zero-order chi connectivity index (χ0) is 18.2. The fourth-order valence-electron chi connectivity index (χ4n) is 4.06. The highest BCUT2D eigenvalue weighted by molar-refractivity contribution is 5.79. The third kappa shape index (κ3) is 2.98.